The van der Waals surface area contributed by atoms with Gasteiger partial charge in [0.1, 0.15) is 11.6 Å². The molecule has 0 heterocycles. The van der Waals surface area contributed by atoms with Crippen molar-refractivity contribution in [3.63, 3.8) is 0 Å². The molecule has 0 radical (unpaired) electrons. The normalized spacial score (nSPS) is 25.9. The Labute approximate surface area is 108 Å². The third-order valence-electron chi connectivity index (χ3n) is 3.87. The summed E-state index contributed by atoms with van der Waals surface area (Å²) in [6.45, 7) is 4.26. The first-order valence-electron chi connectivity index (χ1n) is 6.80. The Kier molecular flexibility index (Phi) is 4.23. The molecule has 100 valence electrons. The van der Waals surface area contributed by atoms with Crippen LogP contribution in [0.5, 0.6) is 5.75 Å². The monoisotopic (exact) mass is 251 g/mol. The molecule has 1 aliphatic rings. The maximum atomic E-state index is 13.7. The second-order valence-electron chi connectivity index (χ2n) is 5.56. The SMILES string of the molecule is CC1CCCC(NC(C)c2ccc(O)cc2F)C1. The van der Waals surface area contributed by atoms with Crippen molar-refractivity contribution < 1.29 is 9.50 Å². The van der Waals surface area contributed by atoms with Gasteiger partial charge in [0, 0.05) is 23.7 Å². The van der Waals surface area contributed by atoms with E-state index < -0.39 is 0 Å². The van der Waals surface area contributed by atoms with Crippen molar-refractivity contribution in [3.8, 4) is 5.75 Å². The lowest BCUT2D eigenvalue weighted by atomic mass is 9.86. The third kappa shape index (κ3) is 3.22. The van der Waals surface area contributed by atoms with Crippen LogP contribution in [-0.2, 0) is 0 Å². The maximum Gasteiger partial charge on any atom is 0.131 e. The summed E-state index contributed by atoms with van der Waals surface area (Å²) in [5, 5.41) is 12.7. The molecule has 1 aromatic rings. The minimum absolute atomic E-state index is 0.0131. The van der Waals surface area contributed by atoms with Crippen molar-refractivity contribution in [2.75, 3.05) is 0 Å². The molecule has 1 aliphatic carbocycles. The standard InChI is InChI=1S/C15H22FNO/c1-10-4-3-5-12(8-10)17-11(2)14-7-6-13(18)9-15(14)16/h6-7,9-12,17-18H,3-5,8H2,1-2H3. The average Bonchev–Trinajstić information content (AvgIpc) is 2.28. The Bertz CT molecular complexity index is 407. The maximum absolute atomic E-state index is 13.7. The molecule has 3 unspecified atom stereocenters. The van der Waals surface area contributed by atoms with Gasteiger partial charge in [-0.25, -0.2) is 4.39 Å². The van der Waals surface area contributed by atoms with Gasteiger partial charge in [0.05, 0.1) is 0 Å². The van der Waals surface area contributed by atoms with E-state index in [1.807, 2.05) is 6.92 Å². The minimum atomic E-state index is -0.334. The Hall–Kier alpha value is -1.09. The van der Waals surface area contributed by atoms with E-state index in [0.717, 1.165) is 5.92 Å². The second kappa shape index (κ2) is 5.70. The number of halogens is 1. The lowest BCUT2D eigenvalue weighted by Gasteiger charge is -2.30. The van der Waals surface area contributed by atoms with E-state index in [9.17, 15) is 9.50 Å². The van der Waals surface area contributed by atoms with Crippen LogP contribution >= 0.6 is 0 Å². The van der Waals surface area contributed by atoms with Crippen molar-refractivity contribution in [2.45, 2.75) is 51.6 Å². The number of rotatable bonds is 3. The van der Waals surface area contributed by atoms with Gasteiger partial charge in [-0.15, -0.1) is 0 Å². The number of phenolic OH excluding ortho intramolecular Hbond substituents is 1. The number of hydrogen-bond donors (Lipinski definition) is 2. The summed E-state index contributed by atoms with van der Waals surface area (Å²) in [7, 11) is 0. The molecule has 3 heteroatoms. The number of aromatic hydroxyl groups is 1. The fourth-order valence-electron chi connectivity index (χ4n) is 2.90. The molecule has 2 N–H and O–H groups in total. The van der Waals surface area contributed by atoms with Crippen LogP contribution in [0.4, 0.5) is 4.39 Å². The first-order valence-corrected chi connectivity index (χ1v) is 6.80. The third-order valence-corrected chi connectivity index (χ3v) is 3.87. The zero-order valence-electron chi connectivity index (χ0n) is 11.1. The molecule has 0 aromatic heterocycles. The van der Waals surface area contributed by atoms with Crippen molar-refractivity contribution in [1.29, 1.82) is 0 Å². The smallest absolute Gasteiger partial charge is 0.131 e. The molecule has 1 aromatic carbocycles. The highest BCUT2D eigenvalue weighted by molar-refractivity contribution is 5.29. The number of phenols is 1. The summed E-state index contributed by atoms with van der Waals surface area (Å²) < 4.78 is 13.7. The fourth-order valence-corrected chi connectivity index (χ4v) is 2.90. The van der Waals surface area contributed by atoms with Crippen LogP contribution in [0.1, 0.15) is 51.1 Å². The van der Waals surface area contributed by atoms with E-state index >= 15 is 0 Å². The molecule has 0 aliphatic heterocycles. The largest absolute Gasteiger partial charge is 0.508 e. The molecule has 18 heavy (non-hydrogen) atoms. The van der Waals surface area contributed by atoms with Crippen LogP contribution in [0.3, 0.4) is 0 Å². The van der Waals surface area contributed by atoms with E-state index in [0.29, 0.717) is 11.6 Å². The molecular formula is C15H22FNO. The molecule has 0 saturated heterocycles. The Balaban J connectivity index is 2.00. The van der Waals surface area contributed by atoms with E-state index in [4.69, 9.17) is 0 Å². The summed E-state index contributed by atoms with van der Waals surface area (Å²) >= 11 is 0. The Morgan fingerprint density at radius 1 is 1.39 bits per heavy atom. The molecule has 2 rings (SSSR count). The van der Waals surface area contributed by atoms with Crippen LogP contribution in [0.2, 0.25) is 0 Å². The first kappa shape index (κ1) is 13.3. The van der Waals surface area contributed by atoms with Crippen LogP contribution < -0.4 is 5.32 Å². The molecule has 2 nitrogen and oxygen atoms in total. The zero-order chi connectivity index (χ0) is 13.1. The van der Waals surface area contributed by atoms with Gasteiger partial charge in [-0.2, -0.15) is 0 Å². The number of nitrogens with one attached hydrogen (secondary N) is 1. The molecule has 1 saturated carbocycles. The second-order valence-corrected chi connectivity index (χ2v) is 5.56. The highest BCUT2D eigenvalue weighted by Gasteiger charge is 2.21. The number of hydrogen-bond acceptors (Lipinski definition) is 2. The quantitative estimate of drug-likeness (QED) is 0.857. The zero-order valence-corrected chi connectivity index (χ0v) is 11.1. The van der Waals surface area contributed by atoms with E-state index in [-0.39, 0.29) is 17.6 Å². The highest BCUT2D eigenvalue weighted by Crippen LogP contribution is 2.27. The minimum Gasteiger partial charge on any atom is -0.508 e. The van der Waals surface area contributed by atoms with Crippen LogP contribution in [-0.4, -0.2) is 11.1 Å². The highest BCUT2D eigenvalue weighted by atomic mass is 19.1. The average molecular weight is 251 g/mol. The van der Waals surface area contributed by atoms with Gasteiger partial charge in [-0.3, -0.25) is 0 Å². The molecule has 0 spiro atoms. The summed E-state index contributed by atoms with van der Waals surface area (Å²) in [6.07, 6.45) is 4.90. The molecular weight excluding hydrogens is 229 g/mol. The number of benzene rings is 1. The fraction of sp³-hybridized carbons (Fsp3) is 0.600. The Morgan fingerprint density at radius 2 is 2.17 bits per heavy atom. The predicted molar refractivity (Wildman–Crippen MR) is 71.0 cm³/mol. The van der Waals surface area contributed by atoms with E-state index in [1.165, 1.54) is 31.7 Å². The van der Waals surface area contributed by atoms with Gasteiger partial charge in [-0.1, -0.05) is 25.8 Å². The van der Waals surface area contributed by atoms with Crippen LogP contribution in [0, 0.1) is 11.7 Å². The van der Waals surface area contributed by atoms with E-state index in [2.05, 4.69) is 12.2 Å². The van der Waals surface area contributed by atoms with Gasteiger partial charge in [0.25, 0.3) is 0 Å². The lowest BCUT2D eigenvalue weighted by Crippen LogP contribution is -2.35. The van der Waals surface area contributed by atoms with Crippen molar-refractivity contribution in [2.24, 2.45) is 5.92 Å². The summed E-state index contributed by atoms with van der Waals surface area (Å²) in [5.41, 5.74) is 0.631. The molecule has 0 amide bonds. The van der Waals surface area contributed by atoms with Crippen LogP contribution in [0.25, 0.3) is 0 Å². The van der Waals surface area contributed by atoms with Gasteiger partial charge in [0.2, 0.25) is 0 Å². The lowest BCUT2D eigenvalue weighted by molar-refractivity contribution is 0.284. The predicted octanol–water partition coefficient (Wildman–Crippen LogP) is 3.76. The molecule has 3 atom stereocenters. The summed E-state index contributed by atoms with van der Waals surface area (Å²) in [5.74, 6) is 0.404. The van der Waals surface area contributed by atoms with Crippen LogP contribution in [0.15, 0.2) is 18.2 Å². The molecule has 1 fully saturated rings. The Morgan fingerprint density at radius 3 is 2.83 bits per heavy atom. The van der Waals surface area contributed by atoms with E-state index in [1.54, 1.807) is 12.1 Å². The van der Waals surface area contributed by atoms with Gasteiger partial charge in [0.15, 0.2) is 0 Å². The summed E-state index contributed by atoms with van der Waals surface area (Å²) in [4.78, 5) is 0. The first-order chi connectivity index (χ1) is 8.56. The summed E-state index contributed by atoms with van der Waals surface area (Å²) in [6, 6.07) is 4.85. The van der Waals surface area contributed by atoms with Crippen molar-refractivity contribution in [1.82, 2.24) is 5.32 Å². The molecule has 0 bridgehead atoms. The van der Waals surface area contributed by atoms with Gasteiger partial charge < -0.3 is 10.4 Å². The van der Waals surface area contributed by atoms with Crippen molar-refractivity contribution in [3.05, 3.63) is 29.6 Å². The van der Waals surface area contributed by atoms with Crippen molar-refractivity contribution >= 4 is 0 Å². The van der Waals surface area contributed by atoms with Gasteiger partial charge in [-0.05, 0) is 31.7 Å². The topological polar surface area (TPSA) is 32.3 Å². The van der Waals surface area contributed by atoms with Gasteiger partial charge >= 0.3 is 0 Å².